The summed E-state index contributed by atoms with van der Waals surface area (Å²) in [7, 11) is 0. The van der Waals surface area contributed by atoms with Crippen molar-refractivity contribution in [3.63, 3.8) is 0 Å². The molecule has 0 aromatic carbocycles. The number of nitrogens with one attached hydrogen (secondary N) is 2. The van der Waals surface area contributed by atoms with E-state index in [0.717, 1.165) is 0 Å². The highest BCUT2D eigenvalue weighted by atomic mass is 35.5. The first-order chi connectivity index (χ1) is 5.56. The van der Waals surface area contributed by atoms with Crippen molar-refractivity contribution in [2.75, 3.05) is 6.54 Å². The van der Waals surface area contributed by atoms with Crippen LogP contribution >= 0.6 is 11.8 Å². The van der Waals surface area contributed by atoms with Gasteiger partial charge in [-0.15, -0.1) is 0 Å². The molecule has 0 aliphatic rings. The van der Waals surface area contributed by atoms with Gasteiger partial charge in [-0.2, -0.15) is 0 Å². The Morgan fingerprint density at radius 1 is 1.75 bits per heavy atom. The minimum atomic E-state index is -0.548. The lowest BCUT2D eigenvalue weighted by molar-refractivity contribution is 0.364. The zero-order valence-electron chi connectivity index (χ0n) is 6.85. The Labute approximate surface area is 74.2 Å². The summed E-state index contributed by atoms with van der Waals surface area (Å²) in [6, 6.07) is 0. The van der Waals surface area contributed by atoms with Crippen LogP contribution in [-0.2, 0) is 5.41 Å². The predicted molar refractivity (Wildman–Crippen MR) is 44.0 cm³/mol. The molecule has 5 nitrogen and oxygen atoms in total. The van der Waals surface area contributed by atoms with E-state index in [0.29, 0.717) is 12.4 Å². The van der Waals surface area contributed by atoms with Crippen LogP contribution in [0.5, 0.6) is 0 Å². The van der Waals surface area contributed by atoms with E-state index in [1.54, 1.807) is 0 Å². The van der Waals surface area contributed by atoms with Crippen LogP contribution in [0.3, 0.4) is 0 Å². The minimum absolute atomic E-state index is 0.339. The van der Waals surface area contributed by atoms with Gasteiger partial charge < -0.3 is 0 Å². The van der Waals surface area contributed by atoms with Gasteiger partial charge in [0.1, 0.15) is 0 Å². The third-order valence-electron chi connectivity index (χ3n) is 1.59. The normalized spacial score (nSPS) is 11.9. The first kappa shape index (κ1) is 9.28. The topological polar surface area (TPSA) is 70.9 Å². The van der Waals surface area contributed by atoms with Crippen LogP contribution in [0.2, 0.25) is 0 Å². The molecular formula is C6H10ClN3O2. The van der Waals surface area contributed by atoms with Crippen LogP contribution in [0.1, 0.15) is 19.7 Å². The third kappa shape index (κ3) is 1.86. The molecule has 1 aromatic rings. The van der Waals surface area contributed by atoms with Crippen LogP contribution < -0.4 is 10.6 Å². The summed E-state index contributed by atoms with van der Waals surface area (Å²) in [4.78, 5) is 15.6. The van der Waals surface area contributed by atoms with Gasteiger partial charge in [0, 0.05) is 12.0 Å². The molecule has 0 fully saturated rings. The smallest absolute Gasteiger partial charge is 0.296 e. The largest absolute Gasteiger partial charge is 0.438 e. The lowest BCUT2D eigenvalue weighted by atomic mass is 9.93. The Morgan fingerprint density at radius 2 is 2.42 bits per heavy atom. The second-order valence-electron chi connectivity index (χ2n) is 3.14. The molecule has 0 saturated carbocycles. The number of hydrogen-bond acceptors (Lipinski definition) is 4. The highest BCUT2D eigenvalue weighted by Crippen LogP contribution is 2.16. The average molecular weight is 192 g/mol. The average Bonchev–Trinajstić information content (AvgIpc) is 2.36. The maximum absolute atomic E-state index is 10.6. The van der Waals surface area contributed by atoms with E-state index in [1.807, 2.05) is 13.8 Å². The van der Waals surface area contributed by atoms with Crippen molar-refractivity contribution in [2.45, 2.75) is 19.3 Å². The van der Waals surface area contributed by atoms with Gasteiger partial charge >= 0.3 is 5.76 Å². The van der Waals surface area contributed by atoms with Gasteiger partial charge in [0.15, 0.2) is 5.82 Å². The van der Waals surface area contributed by atoms with E-state index in [4.69, 9.17) is 11.8 Å². The molecule has 0 aliphatic heterocycles. The van der Waals surface area contributed by atoms with Crippen molar-refractivity contribution in [1.29, 1.82) is 0 Å². The fourth-order valence-corrected chi connectivity index (χ4v) is 1.11. The summed E-state index contributed by atoms with van der Waals surface area (Å²) in [5.74, 6) is -0.0618. The van der Waals surface area contributed by atoms with Crippen molar-refractivity contribution >= 4 is 11.8 Å². The zero-order chi connectivity index (χ0) is 9.19. The molecule has 0 radical (unpaired) electrons. The minimum Gasteiger partial charge on any atom is -0.296 e. The summed E-state index contributed by atoms with van der Waals surface area (Å²) >= 11 is 5.34. The highest BCUT2D eigenvalue weighted by molar-refractivity contribution is 6.13. The van der Waals surface area contributed by atoms with Gasteiger partial charge in [-0.05, 0) is 11.8 Å². The molecule has 0 bridgehead atoms. The summed E-state index contributed by atoms with van der Waals surface area (Å²) in [6.45, 7) is 4.27. The van der Waals surface area contributed by atoms with E-state index < -0.39 is 5.76 Å². The van der Waals surface area contributed by atoms with Crippen molar-refractivity contribution in [2.24, 2.45) is 0 Å². The number of rotatable bonds is 3. The van der Waals surface area contributed by atoms with Gasteiger partial charge in [0.2, 0.25) is 0 Å². The Morgan fingerprint density at radius 3 is 2.83 bits per heavy atom. The second kappa shape index (κ2) is 3.28. The number of aromatic amines is 1. The fourth-order valence-electron chi connectivity index (χ4n) is 0.773. The van der Waals surface area contributed by atoms with Gasteiger partial charge in [0.05, 0.1) is 0 Å². The lowest BCUT2D eigenvalue weighted by Crippen LogP contribution is -2.30. The number of hydrogen-bond donors (Lipinski definition) is 2. The maximum atomic E-state index is 10.6. The molecule has 2 N–H and O–H groups in total. The molecule has 6 heteroatoms. The van der Waals surface area contributed by atoms with E-state index >= 15 is 0 Å². The number of H-pyrrole nitrogens is 1. The molecule has 0 unspecified atom stereocenters. The molecular weight excluding hydrogens is 182 g/mol. The predicted octanol–water partition coefficient (Wildman–Crippen LogP) is 0.384. The molecule has 12 heavy (non-hydrogen) atoms. The summed E-state index contributed by atoms with van der Waals surface area (Å²) < 4.78 is 4.37. The van der Waals surface area contributed by atoms with E-state index in [1.165, 1.54) is 0 Å². The first-order valence-corrected chi connectivity index (χ1v) is 3.84. The van der Waals surface area contributed by atoms with E-state index in [-0.39, 0.29) is 5.41 Å². The first-order valence-electron chi connectivity index (χ1n) is 3.46. The SMILES string of the molecule is CC(C)(CNCl)c1noc(=O)[nH]1. The second-order valence-corrected chi connectivity index (χ2v) is 3.41. The van der Waals surface area contributed by atoms with Gasteiger partial charge in [-0.1, -0.05) is 19.0 Å². The monoisotopic (exact) mass is 191 g/mol. The Balaban J connectivity index is 2.88. The van der Waals surface area contributed by atoms with Crippen LogP contribution in [0.4, 0.5) is 0 Å². The maximum Gasteiger partial charge on any atom is 0.438 e. The van der Waals surface area contributed by atoms with Crippen molar-refractivity contribution < 1.29 is 4.52 Å². The van der Waals surface area contributed by atoms with Crippen molar-refractivity contribution in [3.05, 3.63) is 16.4 Å². The van der Waals surface area contributed by atoms with Crippen molar-refractivity contribution in [1.82, 2.24) is 15.0 Å². The molecule has 0 amide bonds. The van der Waals surface area contributed by atoms with Gasteiger partial charge in [-0.3, -0.25) is 9.51 Å². The molecule has 1 heterocycles. The standard InChI is InChI=1S/C6H10ClN3O2/c1-6(2,3-8-7)4-9-5(11)12-10-4/h8H,3H2,1-2H3,(H,9,10,11). The third-order valence-corrected chi connectivity index (χ3v) is 1.72. The number of nitrogens with zero attached hydrogens (tertiary/aromatic N) is 1. The van der Waals surface area contributed by atoms with Crippen molar-refractivity contribution in [3.8, 4) is 0 Å². The quantitative estimate of drug-likeness (QED) is 0.678. The Kier molecular flexibility index (Phi) is 2.54. The van der Waals surface area contributed by atoms with E-state index in [9.17, 15) is 4.79 Å². The Bertz CT molecular complexity index is 304. The fraction of sp³-hybridized carbons (Fsp3) is 0.667. The molecule has 0 atom stereocenters. The summed E-state index contributed by atoms with van der Waals surface area (Å²) in [5, 5.41) is 3.56. The van der Waals surface area contributed by atoms with Crippen LogP contribution in [0, 0.1) is 0 Å². The number of aromatic nitrogens is 2. The molecule has 0 saturated heterocycles. The van der Waals surface area contributed by atoms with Gasteiger partial charge in [0.25, 0.3) is 0 Å². The molecule has 1 rings (SSSR count). The summed E-state index contributed by atoms with van der Waals surface area (Å²) in [5.41, 5.74) is -0.339. The molecule has 68 valence electrons. The lowest BCUT2D eigenvalue weighted by Gasteiger charge is -2.18. The van der Waals surface area contributed by atoms with E-state index in [2.05, 4.69) is 19.5 Å². The van der Waals surface area contributed by atoms with Gasteiger partial charge in [-0.25, -0.2) is 9.63 Å². The highest BCUT2D eigenvalue weighted by Gasteiger charge is 2.24. The van der Waals surface area contributed by atoms with Crippen LogP contribution in [-0.4, -0.2) is 16.7 Å². The molecule has 1 aromatic heterocycles. The summed E-state index contributed by atoms with van der Waals surface area (Å²) in [6.07, 6.45) is 0. The molecule has 0 spiro atoms. The van der Waals surface area contributed by atoms with Crippen LogP contribution in [0.15, 0.2) is 9.32 Å². The molecule has 0 aliphatic carbocycles. The number of halogens is 1. The zero-order valence-corrected chi connectivity index (χ0v) is 7.60. The van der Waals surface area contributed by atoms with Crippen LogP contribution in [0.25, 0.3) is 0 Å². The Hall–Kier alpha value is -0.810.